The van der Waals surface area contributed by atoms with Gasteiger partial charge in [0.2, 0.25) is 5.91 Å². The van der Waals surface area contributed by atoms with Crippen LogP contribution in [0.4, 0.5) is 13.9 Å². The van der Waals surface area contributed by atoms with Crippen LogP contribution in [0.5, 0.6) is 0 Å². The van der Waals surface area contributed by atoms with E-state index in [4.69, 9.17) is 4.74 Å². The van der Waals surface area contributed by atoms with Crippen LogP contribution in [-0.2, 0) is 16.0 Å². The van der Waals surface area contributed by atoms with Gasteiger partial charge in [-0.15, -0.1) is 11.3 Å². The predicted octanol–water partition coefficient (Wildman–Crippen LogP) is 2.33. The second-order valence-electron chi connectivity index (χ2n) is 5.54. The minimum Gasteiger partial charge on any atom is -0.378 e. The maximum Gasteiger partial charge on any atom is 0.227 e. The zero-order chi connectivity index (χ0) is 16.9. The van der Waals surface area contributed by atoms with Crippen LogP contribution in [0.15, 0.2) is 24.4 Å². The van der Waals surface area contributed by atoms with Crippen LogP contribution in [0, 0.1) is 11.6 Å². The number of carbonyl (C=O) groups is 1. The molecule has 1 aliphatic rings. The molecule has 3 rings (SSSR count). The number of hydrogen-bond donors (Lipinski definition) is 2. The third-order valence-corrected chi connectivity index (χ3v) is 4.51. The number of benzene rings is 1. The van der Waals surface area contributed by atoms with Gasteiger partial charge in [0.25, 0.3) is 0 Å². The van der Waals surface area contributed by atoms with Crippen LogP contribution < -0.4 is 10.6 Å². The lowest BCUT2D eigenvalue weighted by Gasteiger charge is -2.22. The summed E-state index contributed by atoms with van der Waals surface area (Å²) in [6, 6.07) is 3.82. The summed E-state index contributed by atoms with van der Waals surface area (Å²) >= 11 is 1.32. The number of aromatic nitrogens is 1. The molecule has 1 atom stereocenters. The molecule has 1 aliphatic heterocycles. The molecule has 1 saturated heterocycles. The van der Waals surface area contributed by atoms with E-state index in [1.807, 2.05) is 0 Å². The number of nitrogens with one attached hydrogen (secondary N) is 2. The predicted molar refractivity (Wildman–Crippen MR) is 87.1 cm³/mol. The standard InChI is InChI=1S/C16H17F2N3O2S/c17-13-2-1-10(6-14(13)18)5-12-8-20-16(24-12)21-15(22)7-11-9-23-4-3-19-11/h1-2,6,8,11,19H,3-5,7,9H2,(H,20,21,22). The normalized spacial score (nSPS) is 17.7. The Morgan fingerprint density at radius 1 is 1.42 bits per heavy atom. The molecule has 1 aromatic heterocycles. The summed E-state index contributed by atoms with van der Waals surface area (Å²) in [5.41, 5.74) is 0.652. The Kier molecular flexibility index (Phi) is 5.49. The fraction of sp³-hybridized carbons (Fsp3) is 0.375. The van der Waals surface area contributed by atoms with Gasteiger partial charge in [-0.1, -0.05) is 6.07 Å². The van der Waals surface area contributed by atoms with Gasteiger partial charge in [-0.05, 0) is 17.7 Å². The number of hydrogen-bond acceptors (Lipinski definition) is 5. The smallest absolute Gasteiger partial charge is 0.227 e. The summed E-state index contributed by atoms with van der Waals surface area (Å²) in [5, 5.41) is 6.46. The summed E-state index contributed by atoms with van der Waals surface area (Å²) < 4.78 is 31.5. The summed E-state index contributed by atoms with van der Waals surface area (Å²) in [6.45, 7) is 1.93. The molecule has 2 N–H and O–H groups in total. The lowest BCUT2D eigenvalue weighted by atomic mass is 10.1. The van der Waals surface area contributed by atoms with Crippen molar-refractivity contribution in [1.29, 1.82) is 0 Å². The molecular formula is C16H17F2N3O2S. The van der Waals surface area contributed by atoms with Gasteiger partial charge in [0.1, 0.15) is 0 Å². The van der Waals surface area contributed by atoms with Crippen LogP contribution >= 0.6 is 11.3 Å². The van der Waals surface area contributed by atoms with E-state index >= 15 is 0 Å². The molecule has 1 unspecified atom stereocenters. The molecule has 24 heavy (non-hydrogen) atoms. The van der Waals surface area contributed by atoms with Crippen molar-refractivity contribution in [3.8, 4) is 0 Å². The first kappa shape index (κ1) is 16.9. The summed E-state index contributed by atoms with van der Waals surface area (Å²) in [7, 11) is 0. The largest absolute Gasteiger partial charge is 0.378 e. The van der Waals surface area contributed by atoms with Crippen molar-refractivity contribution in [2.24, 2.45) is 0 Å². The molecule has 0 bridgehead atoms. The topological polar surface area (TPSA) is 63.2 Å². The lowest BCUT2D eigenvalue weighted by Crippen LogP contribution is -2.43. The molecule has 5 nitrogen and oxygen atoms in total. The number of rotatable bonds is 5. The highest BCUT2D eigenvalue weighted by molar-refractivity contribution is 7.15. The van der Waals surface area contributed by atoms with E-state index in [2.05, 4.69) is 15.6 Å². The number of amides is 1. The van der Waals surface area contributed by atoms with E-state index < -0.39 is 11.6 Å². The average Bonchev–Trinajstić information content (AvgIpc) is 2.98. The van der Waals surface area contributed by atoms with Gasteiger partial charge in [-0.25, -0.2) is 13.8 Å². The van der Waals surface area contributed by atoms with Crippen LogP contribution in [0.25, 0.3) is 0 Å². The first-order valence-corrected chi connectivity index (χ1v) is 8.41. The van der Waals surface area contributed by atoms with Gasteiger partial charge in [-0.3, -0.25) is 4.79 Å². The molecule has 0 spiro atoms. The van der Waals surface area contributed by atoms with Gasteiger partial charge < -0.3 is 15.4 Å². The Balaban J connectivity index is 1.54. The van der Waals surface area contributed by atoms with Crippen LogP contribution in [0.2, 0.25) is 0 Å². The maximum absolute atomic E-state index is 13.2. The van der Waals surface area contributed by atoms with Crippen molar-refractivity contribution < 1.29 is 18.3 Å². The van der Waals surface area contributed by atoms with Crippen molar-refractivity contribution in [2.75, 3.05) is 25.1 Å². The lowest BCUT2D eigenvalue weighted by molar-refractivity contribution is -0.117. The Labute approximate surface area is 142 Å². The third-order valence-electron chi connectivity index (χ3n) is 3.59. The van der Waals surface area contributed by atoms with Gasteiger partial charge in [-0.2, -0.15) is 0 Å². The molecule has 2 aromatic rings. The van der Waals surface area contributed by atoms with Crippen LogP contribution in [-0.4, -0.2) is 36.7 Å². The maximum atomic E-state index is 13.2. The van der Waals surface area contributed by atoms with E-state index in [9.17, 15) is 13.6 Å². The molecule has 128 valence electrons. The Morgan fingerprint density at radius 3 is 3.04 bits per heavy atom. The number of morpholine rings is 1. The average molecular weight is 353 g/mol. The monoisotopic (exact) mass is 353 g/mol. The molecule has 1 aromatic carbocycles. The first-order valence-electron chi connectivity index (χ1n) is 7.60. The minimum absolute atomic E-state index is 0.0142. The molecule has 0 aliphatic carbocycles. The van der Waals surface area contributed by atoms with E-state index in [0.717, 1.165) is 17.5 Å². The van der Waals surface area contributed by atoms with Crippen molar-refractivity contribution >= 4 is 22.4 Å². The highest BCUT2D eigenvalue weighted by atomic mass is 32.1. The zero-order valence-electron chi connectivity index (χ0n) is 12.9. The second-order valence-corrected chi connectivity index (χ2v) is 6.65. The van der Waals surface area contributed by atoms with E-state index in [1.165, 1.54) is 23.5 Å². The fourth-order valence-electron chi connectivity index (χ4n) is 2.44. The van der Waals surface area contributed by atoms with Crippen molar-refractivity contribution in [3.63, 3.8) is 0 Å². The summed E-state index contributed by atoms with van der Waals surface area (Å²) in [6.07, 6.45) is 2.38. The molecule has 1 fully saturated rings. The Hall–Kier alpha value is -1.90. The number of ether oxygens (including phenoxy) is 1. The minimum atomic E-state index is -0.868. The fourth-order valence-corrected chi connectivity index (χ4v) is 3.31. The van der Waals surface area contributed by atoms with E-state index in [1.54, 1.807) is 6.20 Å². The van der Waals surface area contributed by atoms with Gasteiger partial charge in [0.15, 0.2) is 16.8 Å². The van der Waals surface area contributed by atoms with Crippen molar-refractivity contribution in [3.05, 3.63) is 46.5 Å². The number of nitrogens with zero attached hydrogens (tertiary/aromatic N) is 1. The van der Waals surface area contributed by atoms with Gasteiger partial charge >= 0.3 is 0 Å². The summed E-state index contributed by atoms with van der Waals surface area (Å²) in [4.78, 5) is 17.0. The quantitative estimate of drug-likeness (QED) is 0.866. The van der Waals surface area contributed by atoms with Crippen molar-refractivity contribution in [1.82, 2.24) is 10.3 Å². The number of halogens is 2. The number of anilines is 1. The molecule has 8 heteroatoms. The number of thiazole rings is 1. The third kappa shape index (κ3) is 4.56. The summed E-state index contributed by atoms with van der Waals surface area (Å²) in [5.74, 6) is -1.87. The van der Waals surface area contributed by atoms with Gasteiger partial charge in [0.05, 0.1) is 13.2 Å². The Bertz CT molecular complexity index is 717. The van der Waals surface area contributed by atoms with Crippen molar-refractivity contribution in [2.45, 2.75) is 18.9 Å². The molecule has 0 saturated carbocycles. The SMILES string of the molecule is O=C(CC1COCCN1)Nc1ncc(Cc2ccc(F)c(F)c2)s1. The molecule has 1 amide bonds. The van der Waals surface area contributed by atoms with Gasteiger partial charge in [0, 0.05) is 36.5 Å². The van der Waals surface area contributed by atoms with E-state index in [-0.39, 0.29) is 11.9 Å². The molecular weight excluding hydrogens is 336 g/mol. The van der Waals surface area contributed by atoms with Crippen LogP contribution in [0.3, 0.4) is 0 Å². The van der Waals surface area contributed by atoms with E-state index in [0.29, 0.717) is 36.8 Å². The first-order chi connectivity index (χ1) is 11.6. The highest BCUT2D eigenvalue weighted by Crippen LogP contribution is 2.22. The second kappa shape index (κ2) is 7.78. The molecule has 0 radical (unpaired) electrons. The highest BCUT2D eigenvalue weighted by Gasteiger charge is 2.17. The Morgan fingerprint density at radius 2 is 2.29 bits per heavy atom. The number of carbonyl (C=O) groups excluding carboxylic acids is 1. The zero-order valence-corrected chi connectivity index (χ0v) is 13.7. The molecule has 2 heterocycles. The van der Waals surface area contributed by atoms with Crippen LogP contribution in [0.1, 0.15) is 16.9 Å².